The zero-order valence-corrected chi connectivity index (χ0v) is 13.7. The van der Waals surface area contributed by atoms with E-state index in [1.807, 2.05) is 19.1 Å². The van der Waals surface area contributed by atoms with Gasteiger partial charge in [0, 0.05) is 11.1 Å². The van der Waals surface area contributed by atoms with Crippen LogP contribution in [-0.2, 0) is 0 Å². The minimum atomic E-state index is -0.329. The van der Waals surface area contributed by atoms with E-state index >= 15 is 0 Å². The molecule has 18 heavy (non-hydrogen) atoms. The molecule has 1 aromatic rings. The van der Waals surface area contributed by atoms with Crippen molar-refractivity contribution in [3.63, 3.8) is 0 Å². The van der Waals surface area contributed by atoms with Crippen molar-refractivity contribution in [2.75, 3.05) is 0 Å². The largest absolute Gasteiger partial charge is 1.00 e. The van der Waals surface area contributed by atoms with E-state index < -0.39 is 0 Å². The van der Waals surface area contributed by atoms with Gasteiger partial charge in [-0.25, -0.2) is 0 Å². The zero-order chi connectivity index (χ0) is 13.4. The van der Waals surface area contributed by atoms with Crippen LogP contribution < -0.4 is 12.4 Å². The van der Waals surface area contributed by atoms with Gasteiger partial charge in [-0.1, -0.05) is 5.56 Å². The fourth-order valence-corrected chi connectivity index (χ4v) is 2.33. The molecule has 0 aliphatic rings. The molecule has 0 unspecified atom stereocenters. The standard InChI is InChI=1S/C9H11NO2.2C2H5.Al.ClH/c1-6-4-7(2)9(10(11)12)8(3)5-6;2*1-2;;/h4-5H,1-3H3;2*1H2,2H3;;1H/q;;;+1;/p-1. The second-order valence-electron chi connectivity index (χ2n) is 4.11. The Morgan fingerprint density at radius 1 is 1.11 bits per heavy atom. The van der Waals surface area contributed by atoms with Crippen LogP contribution in [0.25, 0.3) is 0 Å². The summed E-state index contributed by atoms with van der Waals surface area (Å²) in [6.45, 7) is 9.96. The second kappa shape index (κ2) is 10.4. The van der Waals surface area contributed by atoms with Gasteiger partial charge in [0.2, 0.25) is 0 Å². The number of hydrogen-bond donors (Lipinski definition) is 0. The number of benzene rings is 1. The van der Waals surface area contributed by atoms with Gasteiger partial charge in [-0.15, -0.1) is 0 Å². The first-order chi connectivity index (χ1) is 7.93. The SMILES string of the molecule is C[CH2][Al+][CH2]C.Cc1cc(C)c([N+](=O)[O-])c(C)c1.[Cl-]. The Kier molecular flexibility index (Phi) is 11.4. The fourth-order valence-electron chi connectivity index (χ4n) is 1.75. The molecule has 0 atom stereocenters. The quantitative estimate of drug-likeness (QED) is 0.474. The van der Waals surface area contributed by atoms with Crippen molar-refractivity contribution < 1.29 is 17.3 Å². The van der Waals surface area contributed by atoms with Gasteiger partial charge >= 0.3 is 39.6 Å². The molecule has 0 saturated carbocycles. The van der Waals surface area contributed by atoms with E-state index in [1.165, 1.54) is 10.6 Å². The molecule has 0 spiro atoms. The first-order valence-corrected chi connectivity index (χ1v) is 7.61. The summed E-state index contributed by atoms with van der Waals surface area (Å²) in [6, 6.07) is 3.65. The predicted molar refractivity (Wildman–Crippen MR) is 74.0 cm³/mol. The minimum absolute atomic E-state index is 0. The Morgan fingerprint density at radius 3 is 1.72 bits per heavy atom. The van der Waals surface area contributed by atoms with Crippen molar-refractivity contribution in [1.82, 2.24) is 0 Å². The number of halogens is 1. The van der Waals surface area contributed by atoms with Crippen molar-refractivity contribution in [3.05, 3.63) is 38.9 Å². The average molecular weight is 286 g/mol. The normalized spacial score (nSPS) is 8.50. The summed E-state index contributed by atoms with van der Waals surface area (Å²) >= 11 is 0.815. The van der Waals surface area contributed by atoms with Crippen LogP contribution >= 0.6 is 0 Å². The van der Waals surface area contributed by atoms with Gasteiger partial charge in [0.15, 0.2) is 0 Å². The molecule has 0 saturated heterocycles. The van der Waals surface area contributed by atoms with E-state index in [2.05, 4.69) is 13.8 Å². The zero-order valence-electron chi connectivity index (χ0n) is 11.8. The van der Waals surface area contributed by atoms with Gasteiger partial charge in [0.25, 0.3) is 5.69 Å². The van der Waals surface area contributed by atoms with Crippen LogP contribution in [-0.4, -0.2) is 20.1 Å². The average Bonchev–Trinajstić information content (AvgIpc) is 2.17. The van der Waals surface area contributed by atoms with Gasteiger partial charge in [0.05, 0.1) is 4.92 Å². The van der Waals surface area contributed by atoms with Crippen molar-refractivity contribution >= 4 is 20.9 Å². The number of nitrogens with zero attached hydrogens (tertiary/aromatic N) is 1. The molecule has 0 bridgehead atoms. The summed E-state index contributed by atoms with van der Waals surface area (Å²) in [7, 11) is 0. The maximum absolute atomic E-state index is 10.6. The topological polar surface area (TPSA) is 43.1 Å². The second-order valence-corrected chi connectivity index (χ2v) is 6.32. The third-order valence-corrected chi connectivity index (χ3v) is 3.55. The molecule has 1 aromatic carbocycles. The summed E-state index contributed by atoms with van der Waals surface area (Å²) in [6.07, 6.45) is 0. The summed E-state index contributed by atoms with van der Waals surface area (Å²) < 4.78 is 0. The van der Waals surface area contributed by atoms with Crippen LogP contribution in [0, 0.1) is 30.9 Å². The third-order valence-electron chi connectivity index (χ3n) is 2.40. The molecule has 0 amide bonds. The first-order valence-electron chi connectivity index (χ1n) is 5.97. The maximum atomic E-state index is 10.6. The van der Waals surface area contributed by atoms with Crippen LogP contribution in [0.2, 0.25) is 10.6 Å². The molecule has 0 fully saturated rings. The van der Waals surface area contributed by atoms with Crippen molar-refractivity contribution in [2.24, 2.45) is 0 Å². The van der Waals surface area contributed by atoms with Crippen LogP contribution in [0.1, 0.15) is 30.5 Å². The third kappa shape index (κ3) is 7.01. The molecule has 0 aliphatic heterocycles. The Balaban J connectivity index is 0. The van der Waals surface area contributed by atoms with E-state index in [9.17, 15) is 10.1 Å². The van der Waals surface area contributed by atoms with Crippen molar-refractivity contribution in [3.8, 4) is 0 Å². The van der Waals surface area contributed by atoms with Gasteiger partial charge in [0.1, 0.15) is 0 Å². The number of rotatable bonds is 3. The predicted octanol–water partition coefficient (Wildman–Crippen LogP) is 1.09. The van der Waals surface area contributed by atoms with Crippen LogP contribution in [0.15, 0.2) is 12.1 Å². The Bertz CT molecular complexity index is 358. The van der Waals surface area contributed by atoms with Gasteiger partial charge < -0.3 is 12.4 Å². The molecule has 3 nitrogen and oxygen atoms in total. The van der Waals surface area contributed by atoms with Crippen molar-refractivity contribution in [2.45, 2.75) is 45.2 Å². The molecule has 0 aliphatic carbocycles. The Morgan fingerprint density at radius 2 is 1.50 bits per heavy atom. The minimum Gasteiger partial charge on any atom is -1.00 e. The number of nitro groups is 1. The van der Waals surface area contributed by atoms with E-state index in [-0.39, 0.29) is 23.0 Å². The van der Waals surface area contributed by atoms with Gasteiger partial charge in [-0.3, -0.25) is 10.1 Å². The van der Waals surface area contributed by atoms with Gasteiger partial charge in [-0.2, -0.15) is 0 Å². The molecule has 0 N–H and O–H groups in total. The molecule has 1 rings (SSSR count). The molecular formula is C13H21AlClNO2. The fraction of sp³-hybridized carbons (Fsp3) is 0.538. The van der Waals surface area contributed by atoms with Crippen LogP contribution in [0.5, 0.6) is 0 Å². The summed E-state index contributed by atoms with van der Waals surface area (Å²) in [5.74, 6) is 0. The summed E-state index contributed by atoms with van der Waals surface area (Å²) in [5.41, 5.74) is 2.77. The van der Waals surface area contributed by atoms with Crippen LogP contribution in [0.3, 0.4) is 0 Å². The number of hydrogen-bond acceptors (Lipinski definition) is 2. The molecular weight excluding hydrogens is 265 g/mol. The monoisotopic (exact) mass is 285 g/mol. The van der Waals surface area contributed by atoms with E-state index in [0.717, 1.165) is 31.9 Å². The number of nitro benzene ring substituents is 1. The van der Waals surface area contributed by atoms with E-state index in [1.54, 1.807) is 13.8 Å². The molecule has 100 valence electrons. The smallest absolute Gasteiger partial charge is 0.275 e. The maximum Gasteiger partial charge on any atom is 0.275 e. The van der Waals surface area contributed by atoms with Crippen LogP contribution in [0.4, 0.5) is 5.69 Å². The van der Waals surface area contributed by atoms with Gasteiger partial charge in [-0.05, 0) is 32.9 Å². The van der Waals surface area contributed by atoms with E-state index in [4.69, 9.17) is 0 Å². The molecule has 0 aromatic heterocycles. The summed E-state index contributed by atoms with van der Waals surface area (Å²) in [4.78, 5) is 10.2. The molecule has 5 heteroatoms. The first kappa shape index (κ1) is 19.8. The molecule has 0 radical (unpaired) electrons. The summed E-state index contributed by atoms with van der Waals surface area (Å²) in [5, 5.41) is 13.4. The van der Waals surface area contributed by atoms with E-state index in [0.29, 0.717) is 0 Å². The Labute approximate surface area is 122 Å². The molecule has 0 heterocycles. The Hall–Kier alpha value is -0.558. The van der Waals surface area contributed by atoms with Crippen molar-refractivity contribution in [1.29, 1.82) is 0 Å². The number of aryl methyl sites for hydroxylation is 3.